The normalized spacial score (nSPS) is 15.9. The predicted octanol–water partition coefficient (Wildman–Crippen LogP) is 2.55. The summed E-state index contributed by atoms with van der Waals surface area (Å²) in [5.41, 5.74) is 2.64. The van der Waals surface area contributed by atoms with Crippen molar-refractivity contribution in [2.45, 2.75) is 38.1 Å². The number of carbonyl (C=O) groups excluding carboxylic acids is 1. The average molecular weight is 526 g/mol. The molecule has 1 N–H and O–H groups in total. The van der Waals surface area contributed by atoms with Crippen molar-refractivity contribution in [1.82, 2.24) is 4.98 Å². The monoisotopic (exact) mass is 525 g/mol. The molecule has 0 saturated heterocycles. The van der Waals surface area contributed by atoms with Crippen LogP contribution in [0.1, 0.15) is 46.4 Å². The van der Waals surface area contributed by atoms with E-state index in [9.17, 15) is 34.9 Å². The van der Waals surface area contributed by atoms with Gasteiger partial charge in [0.05, 0.1) is 18.9 Å². The van der Waals surface area contributed by atoms with Crippen molar-refractivity contribution >= 4 is 23.5 Å². The highest BCUT2D eigenvalue weighted by Crippen LogP contribution is 2.41. The number of hydrogen-bond acceptors (Lipinski definition) is 11. The summed E-state index contributed by atoms with van der Waals surface area (Å²) >= 11 is 5.96. The van der Waals surface area contributed by atoms with E-state index in [1.807, 2.05) is 0 Å². The fraction of sp³-hybridized carbons (Fsp3) is 0.381. The van der Waals surface area contributed by atoms with Crippen LogP contribution in [0.4, 0.5) is 0 Å². The van der Waals surface area contributed by atoms with Gasteiger partial charge in [0.2, 0.25) is 0 Å². The van der Waals surface area contributed by atoms with Crippen molar-refractivity contribution in [2.24, 2.45) is 0 Å². The maximum absolute atomic E-state index is 13.0. The molecule has 0 radical (unpaired) electrons. The van der Waals surface area contributed by atoms with Crippen molar-refractivity contribution in [1.29, 1.82) is 0 Å². The van der Waals surface area contributed by atoms with E-state index in [2.05, 4.69) is 14.7 Å². The van der Waals surface area contributed by atoms with Crippen LogP contribution in [-0.4, -0.2) is 51.5 Å². The molecule has 1 aromatic heterocycles. The lowest BCUT2D eigenvalue weighted by atomic mass is 9.87. The molecule has 2 heterocycles. The van der Waals surface area contributed by atoms with Crippen LogP contribution in [-0.2, 0) is 35.3 Å². The lowest BCUT2D eigenvalue weighted by Gasteiger charge is -2.21. The third kappa shape index (κ3) is 6.55. The molecule has 2 aromatic rings. The Morgan fingerprint density at radius 1 is 1.22 bits per heavy atom. The standard InChI is InChI=1S/C21H20ClN3O11/c1-11-19(17-10-33-20(16(17)7-23-11)12-2-4-13(22)5-3-12)15(6-18(26)27)21(28)34-8-14(36-25(31)32)9-35-24(29)30/h2-5,7,14-15,20H,6,8-10H2,1H3,(H,26,27)/t14?,15-,20?/m0/s1. The summed E-state index contributed by atoms with van der Waals surface area (Å²) in [6.07, 6.45) is -1.23. The van der Waals surface area contributed by atoms with Crippen molar-refractivity contribution in [3.8, 4) is 0 Å². The zero-order chi connectivity index (χ0) is 26.4. The Morgan fingerprint density at radius 3 is 2.53 bits per heavy atom. The fourth-order valence-corrected chi connectivity index (χ4v) is 3.96. The number of carboxylic acid groups (broad SMARTS) is 1. The van der Waals surface area contributed by atoms with Crippen molar-refractivity contribution in [3.05, 3.63) is 83.7 Å². The summed E-state index contributed by atoms with van der Waals surface area (Å²) in [5, 5.41) is 28.6. The summed E-state index contributed by atoms with van der Waals surface area (Å²) in [6.45, 7) is -0.0245. The van der Waals surface area contributed by atoms with Gasteiger partial charge in [-0.25, -0.2) is 0 Å². The molecule has 1 aliphatic heterocycles. The number of esters is 1. The van der Waals surface area contributed by atoms with E-state index in [-0.39, 0.29) is 6.61 Å². The van der Waals surface area contributed by atoms with E-state index >= 15 is 0 Å². The summed E-state index contributed by atoms with van der Waals surface area (Å²) in [4.78, 5) is 58.2. The first-order valence-electron chi connectivity index (χ1n) is 10.4. The average Bonchev–Trinajstić information content (AvgIpc) is 3.23. The number of pyridine rings is 1. The Labute approximate surface area is 207 Å². The maximum atomic E-state index is 13.0. The second-order valence-corrected chi connectivity index (χ2v) is 8.12. The lowest BCUT2D eigenvalue weighted by Crippen LogP contribution is -2.32. The van der Waals surface area contributed by atoms with Gasteiger partial charge < -0.3 is 24.3 Å². The number of aromatic nitrogens is 1. The van der Waals surface area contributed by atoms with Gasteiger partial charge in [-0.1, -0.05) is 23.7 Å². The van der Waals surface area contributed by atoms with Crippen LogP contribution in [0.25, 0.3) is 0 Å². The van der Waals surface area contributed by atoms with Crippen molar-refractivity contribution in [2.75, 3.05) is 13.2 Å². The highest BCUT2D eigenvalue weighted by atomic mass is 35.5. The van der Waals surface area contributed by atoms with E-state index in [1.54, 1.807) is 37.4 Å². The second-order valence-electron chi connectivity index (χ2n) is 7.68. The Balaban J connectivity index is 1.88. The molecule has 1 aromatic carbocycles. The minimum absolute atomic E-state index is 0.0639. The molecule has 0 amide bonds. The molecule has 1 aliphatic rings. The number of fused-ring (bicyclic) bond motifs is 1. The van der Waals surface area contributed by atoms with Crippen LogP contribution < -0.4 is 0 Å². The SMILES string of the molecule is Cc1ncc2c(c1[C@H](CC(=O)O)C(=O)OCC(CO[N+](=O)[O-])O[N+](=O)[O-])COC2c1ccc(Cl)cc1. The third-order valence-electron chi connectivity index (χ3n) is 5.33. The summed E-state index contributed by atoms with van der Waals surface area (Å²) < 4.78 is 11.0. The molecule has 3 rings (SSSR count). The van der Waals surface area contributed by atoms with Gasteiger partial charge in [-0.2, -0.15) is 0 Å². The Bertz CT molecular complexity index is 1160. The molecule has 0 fully saturated rings. The number of aliphatic carboxylic acids is 1. The Morgan fingerprint density at radius 2 is 1.92 bits per heavy atom. The van der Waals surface area contributed by atoms with E-state index in [4.69, 9.17) is 21.1 Å². The topological polar surface area (TPSA) is 190 Å². The number of ether oxygens (including phenoxy) is 2. The van der Waals surface area contributed by atoms with E-state index < -0.39 is 59.9 Å². The van der Waals surface area contributed by atoms with Gasteiger partial charge >= 0.3 is 11.9 Å². The van der Waals surface area contributed by atoms with Crippen LogP contribution >= 0.6 is 11.6 Å². The van der Waals surface area contributed by atoms with Gasteiger partial charge in [0, 0.05) is 22.5 Å². The van der Waals surface area contributed by atoms with Gasteiger partial charge in [0.15, 0.2) is 6.10 Å². The van der Waals surface area contributed by atoms with Crippen LogP contribution in [0.5, 0.6) is 0 Å². The largest absolute Gasteiger partial charge is 0.481 e. The van der Waals surface area contributed by atoms with Gasteiger partial charge in [-0.05, 0) is 35.7 Å². The molecule has 2 unspecified atom stereocenters. The first kappa shape index (κ1) is 26.6. The number of nitrogens with zero attached hydrogens (tertiary/aromatic N) is 3. The lowest BCUT2D eigenvalue weighted by molar-refractivity contribution is -0.790. The van der Waals surface area contributed by atoms with Crippen LogP contribution in [0.3, 0.4) is 0 Å². The molecule has 36 heavy (non-hydrogen) atoms. The van der Waals surface area contributed by atoms with E-state index in [0.717, 1.165) is 5.56 Å². The quantitative estimate of drug-likeness (QED) is 0.242. The Kier molecular flexibility index (Phi) is 8.55. The molecule has 15 heteroatoms. The highest BCUT2D eigenvalue weighted by Gasteiger charge is 2.36. The zero-order valence-electron chi connectivity index (χ0n) is 18.7. The smallest absolute Gasteiger partial charge is 0.314 e. The van der Waals surface area contributed by atoms with E-state index in [0.29, 0.717) is 27.4 Å². The first-order chi connectivity index (χ1) is 17.1. The highest BCUT2D eigenvalue weighted by molar-refractivity contribution is 6.30. The van der Waals surface area contributed by atoms with Gasteiger partial charge in [0.25, 0.3) is 10.2 Å². The number of aryl methyl sites for hydroxylation is 1. The molecule has 0 bridgehead atoms. The van der Waals surface area contributed by atoms with Crippen LogP contribution in [0.15, 0.2) is 30.5 Å². The number of hydrogen-bond donors (Lipinski definition) is 1. The fourth-order valence-electron chi connectivity index (χ4n) is 3.84. The molecule has 192 valence electrons. The van der Waals surface area contributed by atoms with Gasteiger partial charge in [0.1, 0.15) is 19.3 Å². The number of carbonyl (C=O) groups is 2. The van der Waals surface area contributed by atoms with Crippen molar-refractivity contribution < 1.29 is 44.0 Å². The molecule has 0 aliphatic carbocycles. The first-order valence-corrected chi connectivity index (χ1v) is 10.8. The summed E-state index contributed by atoms with van der Waals surface area (Å²) in [7, 11) is 0. The summed E-state index contributed by atoms with van der Waals surface area (Å²) in [6, 6.07) is 6.93. The Hall–Kier alpha value is -4.04. The van der Waals surface area contributed by atoms with Crippen molar-refractivity contribution in [3.63, 3.8) is 0 Å². The molecule has 0 saturated carbocycles. The van der Waals surface area contributed by atoms with E-state index in [1.165, 1.54) is 0 Å². The second kappa shape index (κ2) is 11.6. The minimum atomic E-state index is -1.61. The number of benzene rings is 1. The molecular formula is C21H20ClN3O11. The van der Waals surface area contributed by atoms with Gasteiger partial charge in [-0.15, -0.1) is 20.2 Å². The third-order valence-corrected chi connectivity index (χ3v) is 5.59. The molecule has 3 atom stereocenters. The molecule has 0 spiro atoms. The van der Waals surface area contributed by atoms with Crippen LogP contribution in [0.2, 0.25) is 5.02 Å². The predicted molar refractivity (Wildman–Crippen MR) is 118 cm³/mol. The van der Waals surface area contributed by atoms with Gasteiger partial charge in [-0.3, -0.25) is 14.6 Å². The number of halogens is 1. The molecule has 14 nitrogen and oxygen atoms in total. The minimum Gasteiger partial charge on any atom is -0.481 e. The maximum Gasteiger partial charge on any atom is 0.314 e. The number of rotatable bonds is 12. The zero-order valence-corrected chi connectivity index (χ0v) is 19.5. The van der Waals surface area contributed by atoms with Crippen LogP contribution in [0, 0.1) is 27.2 Å². The summed E-state index contributed by atoms with van der Waals surface area (Å²) in [5.74, 6) is -3.69. The molecular weight excluding hydrogens is 506 g/mol. The number of carboxylic acids is 1.